The molecule has 0 unspecified atom stereocenters. The van der Waals surface area contributed by atoms with Gasteiger partial charge in [-0.15, -0.1) is 0 Å². The van der Waals surface area contributed by atoms with Gasteiger partial charge in [0.05, 0.1) is 25.1 Å². The molecule has 0 N–H and O–H groups in total. The van der Waals surface area contributed by atoms with E-state index in [1.165, 1.54) is 6.92 Å². The van der Waals surface area contributed by atoms with Crippen LogP contribution in [0.15, 0.2) is 6.20 Å². The van der Waals surface area contributed by atoms with Crippen LogP contribution in [0, 0.1) is 13.8 Å². The summed E-state index contributed by atoms with van der Waals surface area (Å²) >= 11 is 0. The van der Waals surface area contributed by atoms with Crippen LogP contribution in [0.1, 0.15) is 37.6 Å². The Hall–Kier alpha value is -1.23. The van der Waals surface area contributed by atoms with Gasteiger partial charge in [0.25, 0.3) is 0 Å². The number of aromatic nitrogens is 1. The van der Waals surface area contributed by atoms with Gasteiger partial charge in [-0.05, 0) is 45.2 Å². The van der Waals surface area contributed by atoms with E-state index in [-0.39, 0.29) is 12.1 Å². The Morgan fingerprint density at radius 2 is 1.82 bits per heavy atom. The van der Waals surface area contributed by atoms with Crippen LogP contribution in [-0.2, 0) is 24.8 Å². The van der Waals surface area contributed by atoms with E-state index in [0.29, 0.717) is 31.1 Å². The van der Waals surface area contributed by atoms with Crippen LogP contribution >= 0.6 is 7.60 Å². The second kappa shape index (κ2) is 8.42. The van der Waals surface area contributed by atoms with E-state index in [0.717, 1.165) is 11.1 Å². The molecule has 1 heterocycles. The SMILES string of the molecule is CCOP(=O)(CCc1cnc(C)c(OC(C)=O)c1C)OCC. The molecule has 22 heavy (non-hydrogen) atoms. The predicted molar refractivity (Wildman–Crippen MR) is 84.4 cm³/mol. The van der Waals surface area contributed by atoms with Crippen LogP contribution in [0.25, 0.3) is 0 Å². The Morgan fingerprint density at radius 1 is 1.23 bits per heavy atom. The highest BCUT2D eigenvalue weighted by atomic mass is 31.2. The molecular weight excluding hydrogens is 305 g/mol. The van der Waals surface area contributed by atoms with Crippen molar-refractivity contribution in [1.82, 2.24) is 4.98 Å². The number of hydrogen-bond acceptors (Lipinski definition) is 6. The normalized spacial score (nSPS) is 11.5. The number of carbonyl (C=O) groups is 1. The maximum absolute atomic E-state index is 12.5. The molecule has 1 rings (SSSR count). The van der Waals surface area contributed by atoms with Crippen LogP contribution < -0.4 is 4.74 Å². The van der Waals surface area contributed by atoms with Gasteiger partial charge in [-0.3, -0.25) is 14.3 Å². The fourth-order valence-electron chi connectivity index (χ4n) is 2.11. The van der Waals surface area contributed by atoms with Crippen LogP contribution in [-0.4, -0.2) is 30.3 Å². The van der Waals surface area contributed by atoms with E-state index in [4.69, 9.17) is 13.8 Å². The van der Waals surface area contributed by atoms with Crippen molar-refractivity contribution in [2.75, 3.05) is 19.4 Å². The number of nitrogens with zero attached hydrogens (tertiary/aromatic N) is 1. The highest BCUT2D eigenvalue weighted by Gasteiger charge is 2.24. The average molecular weight is 329 g/mol. The fraction of sp³-hybridized carbons (Fsp3) is 0.600. The van der Waals surface area contributed by atoms with Crippen LogP contribution in [0.3, 0.4) is 0 Å². The van der Waals surface area contributed by atoms with Crippen molar-refractivity contribution in [3.63, 3.8) is 0 Å². The molecule has 0 fully saturated rings. The van der Waals surface area contributed by atoms with Gasteiger partial charge in [0.1, 0.15) is 0 Å². The first kappa shape index (κ1) is 18.8. The van der Waals surface area contributed by atoms with Crippen LogP contribution in [0.5, 0.6) is 5.75 Å². The summed E-state index contributed by atoms with van der Waals surface area (Å²) in [6.07, 6.45) is 2.45. The van der Waals surface area contributed by atoms with E-state index in [1.54, 1.807) is 27.0 Å². The quantitative estimate of drug-likeness (QED) is 0.537. The van der Waals surface area contributed by atoms with Crippen molar-refractivity contribution in [2.24, 2.45) is 0 Å². The van der Waals surface area contributed by atoms with E-state index in [2.05, 4.69) is 4.98 Å². The second-order valence-corrected chi connectivity index (χ2v) is 7.02. The fourth-order valence-corrected chi connectivity index (χ4v) is 3.74. The molecule has 0 aromatic carbocycles. The number of pyridine rings is 1. The van der Waals surface area contributed by atoms with Gasteiger partial charge in [-0.1, -0.05) is 0 Å². The summed E-state index contributed by atoms with van der Waals surface area (Å²) in [6.45, 7) is 9.22. The van der Waals surface area contributed by atoms with Crippen molar-refractivity contribution < 1.29 is 23.1 Å². The maximum Gasteiger partial charge on any atom is 0.330 e. The second-order valence-electron chi connectivity index (χ2n) is 4.84. The number of ether oxygens (including phenoxy) is 1. The summed E-state index contributed by atoms with van der Waals surface area (Å²) in [6, 6.07) is 0. The topological polar surface area (TPSA) is 74.7 Å². The molecular formula is C15H24NO5P. The molecule has 0 saturated carbocycles. The minimum atomic E-state index is -3.09. The van der Waals surface area contributed by atoms with E-state index in [1.807, 2.05) is 6.92 Å². The Morgan fingerprint density at radius 3 is 2.32 bits per heavy atom. The first-order chi connectivity index (χ1) is 10.3. The molecule has 0 saturated heterocycles. The first-order valence-corrected chi connectivity index (χ1v) is 9.07. The molecule has 0 aliphatic rings. The molecule has 7 heteroatoms. The summed E-state index contributed by atoms with van der Waals surface area (Å²) < 4.78 is 28.2. The minimum absolute atomic E-state index is 0.264. The highest BCUT2D eigenvalue weighted by Crippen LogP contribution is 2.48. The minimum Gasteiger partial charge on any atom is -0.424 e. The number of esters is 1. The summed E-state index contributed by atoms with van der Waals surface area (Å²) in [5.74, 6) is 0.0760. The Labute approximate surface area is 131 Å². The zero-order chi connectivity index (χ0) is 16.8. The van der Waals surface area contributed by atoms with Crippen molar-refractivity contribution in [1.29, 1.82) is 0 Å². The van der Waals surface area contributed by atoms with Crippen LogP contribution in [0.4, 0.5) is 0 Å². The third kappa shape index (κ3) is 5.20. The van der Waals surface area contributed by atoms with Gasteiger partial charge >= 0.3 is 13.6 Å². The van der Waals surface area contributed by atoms with Crippen molar-refractivity contribution in [3.8, 4) is 5.75 Å². The number of aryl methyl sites for hydroxylation is 2. The molecule has 0 radical (unpaired) electrons. The molecule has 0 spiro atoms. The molecule has 0 aliphatic heterocycles. The van der Waals surface area contributed by atoms with Gasteiger partial charge in [0.15, 0.2) is 5.75 Å². The van der Waals surface area contributed by atoms with Gasteiger partial charge in [0.2, 0.25) is 0 Å². The number of carbonyl (C=O) groups excluding carboxylic acids is 1. The van der Waals surface area contributed by atoms with Gasteiger partial charge in [0, 0.05) is 13.1 Å². The molecule has 0 bridgehead atoms. The zero-order valence-electron chi connectivity index (χ0n) is 13.8. The Bertz CT molecular complexity index is 563. The zero-order valence-corrected chi connectivity index (χ0v) is 14.7. The molecule has 0 aliphatic carbocycles. The maximum atomic E-state index is 12.5. The lowest BCUT2D eigenvalue weighted by atomic mass is 10.1. The number of rotatable bonds is 8. The molecule has 0 atom stereocenters. The number of hydrogen-bond donors (Lipinski definition) is 0. The smallest absolute Gasteiger partial charge is 0.330 e. The lowest BCUT2D eigenvalue weighted by Crippen LogP contribution is -2.09. The standard InChI is InChI=1S/C15H24NO5P/c1-6-19-22(18,20-7-2)9-8-14-10-16-12(4)15(11(14)3)21-13(5)17/h10H,6-9H2,1-5H3. The lowest BCUT2D eigenvalue weighted by molar-refractivity contribution is -0.132. The molecule has 1 aromatic heterocycles. The summed E-state index contributed by atoms with van der Waals surface area (Å²) in [5, 5.41) is 0. The predicted octanol–water partition coefficient (Wildman–Crippen LogP) is 3.43. The van der Waals surface area contributed by atoms with Crippen molar-refractivity contribution in [3.05, 3.63) is 23.0 Å². The largest absolute Gasteiger partial charge is 0.424 e. The molecule has 1 aromatic rings. The first-order valence-electron chi connectivity index (χ1n) is 7.34. The molecule has 6 nitrogen and oxygen atoms in total. The van der Waals surface area contributed by atoms with Gasteiger partial charge < -0.3 is 13.8 Å². The third-order valence-electron chi connectivity index (χ3n) is 3.12. The third-order valence-corrected chi connectivity index (χ3v) is 5.19. The summed E-state index contributed by atoms with van der Waals surface area (Å²) in [5.41, 5.74) is 2.33. The monoisotopic (exact) mass is 329 g/mol. The Kier molecular flexibility index (Phi) is 7.20. The van der Waals surface area contributed by atoms with E-state index in [9.17, 15) is 9.36 Å². The van der Waals surface area contributed by atoms with E-state index >= 15 is 0 Å². The lowest BCUT2D eigenvalue weighted by Gasteiger charge is -2.18. The van der Waals surface area contributed by atoms with E-state index < -0.39 is 7.60 Å². The Balaban J connectivity index is 2.94. The summed E-state index contributed by atoms with van der Waals surface area (Å²) in [4.78, 5) is 15.4. The van der Waals surface area contributed by atoms with Gasteiger partial charge in [-0.25, -0.2) is 0 Å². The van der Waals surface area contributed by atoms with Gasteiger partial charge in [-0.2, -0.15) is 0 Å². The molecule has 124 valence electrons. The molecule has 0 amide bonds. The van der Waals surface area contributed by atoms with Crippen molar-refractivity contribution >= 4 is 13.6 Å². The average Bonchev–Trinajstić information content (AvgIpc) is 2.43. The van der Waals surface area contributed by atoms with Crippen LogP contribution in [0.2, 0.25) is 0 Å². The van der Waals surface area contributed by atoms with Crippen molar-refractivity contribution in [2.45, 2.75) is 41.0 Å². The summed E-state index contributed by atoms with van der Waals surface area (Å²) in [7, 11) is -3.09. The highest BCUT2D eigenvalue weighted by molar-refractivity contribution is 7.53.